The van der Waals surface area contributed by atoms with Gasteiger partial charge < -0.3 is 31.8 Å². The van der Waals surface area contributed by atoms with Crippen LogP contribution in [0, 0.1) is 0 Å². The van der Waals surface area contributed by atoms with Gasteiger partial charge in [0.25, 0.3) is 0 Å². The van der Waals surface area contributed by atoms with Crippen LogP contribution in [0.25, 0.3) is 197 Å². The Labute approximate surface area is 774 Å². The van der Waals surface area contributed by atoms with E-state index in [2.05, 4.69) is 467 Å². The minimum atomic E-state index is -0.323. The summed E-state index contributed by atoms with van der Waals surface area (Å²) in [5.74, 6) is 0. The molecular weight excluding hydrogens is 1610 g/mol. The Morgan fingerprint density at radius 2 is 0.541 bits per heavy atom. The first-order chi connectivity index (χ1) is 63.8. The van der Waals surface area contributed by atoms with Gasteiger partial charge in [-0.25, -0.2) is 0 Å². The topological polar surface area (TPSA) is 37.3 Å². The molecule has 646 valence electrons. The third-order valence-electron chi connectivity index (χ3n) is 30.3. The number of furan rings is 1. The molecule has 0 saturated heterocycles. The molecule has 0 unspecified atom stereocenters. The summed E-state index contributed by atoms with van der Waals surface area (Å²) in [5, 5.41) is 22.7. The smallest absolute Gasteiger partial charge is 0.159 e. The Hall–Kier alpha value is -14.7. The third kappa shape index (κ3) is 11.6. The minimum Gasteiger partial charge on any atom is -0.453 e. The zero-order valence-electron chi connectivity index (χ0n) is 78.9. The summed E-state index contributed by atoms with van der Waals surface area (Å²) in [4.78, 5) is 4.86. The minimum absolute atomic E-state index is 0.00839. The van der Waals surface area contributed by atoms with Crippen LogP contribution >= 0.6 is 0 Å². The summed E-state index contributed by atoms with van der Waals surface area (Å²) in [6.07, 6.45) is 0.781. The van der Waals surface area contributed by atoms with Crippen LogP contribution in [0.5, 0.6) is 0 Å². The zero-order valence-corrected chi connectivity index (χ0v) is 78.9. The van der Waals surface area contributed by atoms with Crippen molar-refractivity contribution in [2.45, 2.75) is 157 Å². The van der Waals surface area contributed by atoms with E-state index in [1.54, 1.807) is 0 Å². The SMILES string of the molecule is CC(C)(C)c1ccc2c(c1)c1cc(C(C)(C)C)cc3c4cc5c(cc4n2c13)c1cc(C(C)(C)C)cc2c3ccc(N(c4ccccc4)c4cccc6c4oc4c(-c7ccccc7)cc(CC(C)(C)c7ccc8c(c7)c7cc(C(C)(C)C)cc9c%10cc%11c(cc%10n8c79)c7cc(C(C)(C)C)cc8c9ccc(N(c%10ccccc%10)c%10ccc(-c%12ccccc%12)cc%10)cc9n%11c87)cc46)cc3n5c21. The van der Waals surface area contributed by atoms with Gasteiger partial charge in [0.1, 0.15) is 5.58 Å². The number of hydrogen-bond acceptors (Lipinski definition) is 3. The van der Waals surface area contributed by atoms with Crippen molar-refractivity contribution in [3.05, 3.63) is 360 Å². The molecule has 0 amide bonds. The summed E-state index contributed by atoms with van der Waals surface area (Å²) >= 11 is 0. The monoisotopic (exact) mass is 1720 g/mol. The Balaban J connectivity index is 0.615. The van der Waals surface area contributed by atoms with E-state index in [1.165, 1.54) is 202 Å². The van der Waals surface area contributed by atoms with Crippen molar-refractivity contribution in [1.29, 1.82) is 0 Å². The highest BCUT2D eigenvalue weighted by Gasteiger charge is 2.35. The molecule has 0 radical (unpaired) electrons. The van der Waals surface area contributed by atoms with E-state index in [0.29, 0.717) is 0 Å². The Kier molecular flexibility index (Phi) is 16.3. The number of rotatable bonds is 11. The van der Waals surface area contributed by atoms with E-state index in [1.807, 2.05) is 0 Å². The van der Waals surface area contributed by atoms with Gasteiger partial charge in [0.2, 0.25) is 0 Å². The second-order valence-electron chi connectivity index (χ2n) is 44.4. The van der Waals surface area contributed by atoms with Crippen LogP contribution in [0.15, 0.2) is 326 Å². The van der Waals surface area contributed by atoms with Gasteiger partial charge in [0, 0.05) is 131 Å². The summed E-state index contributed by atoms with van der Waals surface area (Å²) in [6, 6.07) is 123. The highest BCUT2D eigenvalue weighted by molar-refractivity contribution is 6.32. The number of anilines is 6. The predicted molar refractivity (Wildman–Crippen MR) is 569 cm³/mol. The van der Waals surface area contributed by atoms with Crippen molar-refractivity contribution in [3.8, 4) is 22.3 Å². The van der Waals surface area contributed by atoms with Gasteiger partial charge >= 0.3 is 0 Å². The molecule has 0 bridgehead atoms. The fourth-order valence-corrected chi connectivity index (χ4v) is 23.2. The van der Waals surface area contributed by atoms with Crippen LogP contribution in [0.4, 0.5) is 34.1 Å². The molecule has 26 aromatic rings. The van der Waals surface area contributed by atoms with E-state index in [0.717, 1.165) is 73.6 Å². The Morgan fingerprint density at radius 1 is 0.211 bits per heavy atom. The number of fused-ring (bicyclic) bond motifs is 27. The summed E-state index contributed by atoms with van der Waals surface area (Å²) in [5.41, 5.74) is 36.1. The number of nitrogens with zero attached hydrogens (tertiary/aromatic N) is 6. The van der Waals surface area contributed by atoms with Crippen LogP contribution in [-0.4, -0.2) is 17.6 Å². The first-order valence-electron chi connectivity index (χ1n) is 47.6. The summed E-state index contributed by atoms with van der Waals surface area (Å²) in [6.45, 7) is 40.3. The van der Waals surface area contributed by atoms with Gasteiger partial charge in [-0.15, -0.1) is 0 Å². The van der Waals surface area contributed by atoms with Crippen molar-refractivity contribution < 1.29 is 4.42 Å². The molecule has 7 nitrogen and oxygen atoms in total. The zero-order chi connectivity index (χ0) is 90.6. The average Bonchev–Trinajstić information content (AvgIpc) is 1.51. The van der Waals surface area contributed by atoms with Gasteiger partial charge in [0.15, 0.2) is 5.58 Å². The maximum absolute atomic E-state index is 7.66. The van der Waals surface area contributed by atoms with Gasteiger partial charge in [0.05, 0.1) is 71.9 Å². The summed E-state index contributed by atoms with van der Waals surface area (Å²) < 4.78 is 18.1. The lowest BCUT2D eigenvalue weighted by molar-refractivity contribution is 0.523. The summed E-state index contributed by atoms with van der Waals surface area (Å²) in [7, 11) is 0. The third-order valence-corrected chi connectivity index (χ3v) is 30.3. The van der Waals surface area contributed by atoms with Crippen molar-refractivity contribution in [2.24, 2.45) is 0 Å². The Morgan fingerprint density at radius 3 is 0.970 bits per heavy atom. The Bertz CT molecular complexity index is 9360. The molecule has 133 heavy (non-hydrogen) atoms. The molecule has 0 atom stereocenters. The molecular formula is C126H106N6O. The molecule has 0 fully saturated rings. The van der Waals surface area contributed by atoms with Crippen LogP contribution in [0.3, 0.4) is 0 Å². The fraction of sp³-hybridized carbons (Fsp3) is 0.190. The van der Waals surface area contributed by atoms with E-state index in [-0.39, 0.29) is 32.5 Å². The lowest BCUT2D eigenvalue weighted by Crippen LogP contribution is -2.20. The van der Waals surface area contributed by atoms with Gasteiger partial charge in [-0.2, -0.15) is 0 Å². The van der Waals surface area contributed by atoms with Crippen LogP contribution in [-0.2, 0) is 38.9 Å². The number of para-hydroxylation sites is 3. The first-order valence-corrected chi connectivity index (χ1v) is 47.6. The van der Waals surface area contributed by atoms with Crippen LogP contribution < -0.4 is 9.80 Å². The highest BCUT2D eigenvalue weighted by Crippen LogP contribution is 2.55. The second-order valence-corrected chi connectivity index (χ2v) is 44.4. The molecule has 7 heteroatoms. The van der Waals surface area contributed by atoms with Crippen LogP contribution in [0.1, 0.15) is 157 Å². The molecule has 26 rings (SSSR count). The largest absolute Gasteiger partial charge is 0.453 e. The number of aromatic nitrogens is 4. The van der Waals surface area contributed by atoms with E-state index in [9.17, 15) is 0 Å². The normalized spacial score (nSPS) is 13.3. The van der Waals surface area contributed by atoms with E-state index in [4.69, 9.17) is 4.42 Å². The maximum Gasteiger partial charge on any atom is 0.159 e. The molecule has 17 aromatic carbocycles. The average molecular weight is 1720 g/mol. The first kappa shape index (κ1) is 79.3. The molecule has 9 heterocycles. The lowest BCUT2D eigenvalue weighted by atomic mass is 9.78. The van der Waals surface area contributed by atoms with Crippen molar-refractivity contribution >= 4 is 208 Å². The molecule has 9 aromatic heterocycles. The van der Waals surface area contributed by atoms with Crippen molar-refractivity contribution in [2.75, 3.05) is 9.80 Å². The van der Waals surface area contributed by atoms with Gasteiger partial charge in [-0.1, -0.05) is 263 Å². The number of hydrogen-bond donors (Lipinski definition) is 0. The van der Waals surface area contributed by atoms with Gasteiger partial charge in [-0.05, 0) is 270 Å². The maximum atomic E-state index is 7.66. The van der Waals surface area contributed by atoms with Crippen molar-refractivity contribution in [1.82, 2.24) is 17.6 Å². The molecule has 0 N–H and O–H groups in total. The number of benzene rings is 17. The molecule has 0 aliphatic heterocycles. The van der Waals surface area contributed by atoms with Crippen molar-refractivity contribution in [3.63, 3.8) is 0 Å². The predicted octanol–water partition coefficient (Wildman–Crippen LogP) is 35.5. The van der Waals surface area contributed by atoms with E-state index >= 15 is 0 Å². The second kappa shape index (κ2) is 27.3. The molecule has 0 spiro atoms. The quantitative estimate of drug-likeness (QED) is 0.130. The van der Waals surface area contributed by atoms with Crippen LogP contribution in [0.2, 0.25) is 0 Å². The highest BCUT2D eigenvalue weighted by atomic mass is 16.3. The fourth-order valence-electron chi connectivity index (χ4n) is 23.2. The molecule has 0 saturated carbocycles. The lowest BCUT2D eigenvalue weighted by Gasteiger charge is -2.26. The molecule has 0 aliphatic rings. The standard InChI is InChI=1S/C126H106N6O/c1-121(2,3)76-43-51-106-91(55-76)99-59-80(124(10,11)12)63-103-93-70-114-96(67-111(93)129(106)117(99)103)102-62-79(123(7,8)9)58-98-88-50-48-86(66-110(88)132(114)116(98)102)128(83-37-28-21-29-38-83)108-40-30-39-89-105-54-72(53-90(119(105)133-120(89)108)75-33-24-19-25-34-75)71-126(16,17)77-44-52-107-92(56-77)100-60-81(125(13,14)15)64-104-94-69-113-95(68-112(94)130(107)118(100)104)101-61-78(122(4,5)6)57-97-87-49-47-85(65-109(87)131(113)115(97)101)127(82-35-26-20-27-36-82)84-45-41-74(42-46-84)73-31-22-18-23-32-73/h18-70H,71H2,1-17H3. The van der Waals surface area contributed by atoms with E-state index < -0.39 is 0 Å². The molecule has 0 aliphatic carbocycles. The van der Waals surface area contributed by atoms with Gasteiger partial charge in [-0.3, -0.25) is 0 Å².